The number of carbonyl (C=O) groups is 2. The molecule has 2 unspecified atom stereocenters. The molecule has 1 amide bonds. The van der Waals surface area contributed by atoms with Crippen molar-refractivity contribution in [3.63, 3.8) is 0 Å². The minimum absolute atomic E-state index is 0.0264. The predicted octanol–water partition coefficient (Wildman–Crippen LogP) is 1.32. The average molecular weight is 398 g/mol. The van der Waals surface area contributed by atoms with Crippen molar-refractivity contribution in [3.05, 3.63) is 24.3 Å². The molecule has 0 saturated carbocycles. The van der Waals surface area contributed by atoms with Gasteiger partial charge in [0.1, 0.15) is 11.8 Å². The van der Waals surface area contributed by atoms with Crippen molar-refractivity contribution in [1.29, 1.82) is 0 Å². The monoisotopic (exact) mass is 398 g/mol. The van der Waals surface area contributed by atoms with E-state index >= 15 is 0 Å². The van der Waals surface area contributed by atoms with Crippen LogP contribution in [0, 0.1) is 11.3 Å². The van der Waals surface area contributed by atoms with Gasteiger partial charge in [-0.25, -0.2) is 8.42 Å². The van der Waals surface area contributed by atoms with Crippen molar-refractivity contribution >= 4 is 21.9 Å². The van der Waals surface area contributed by atoms with Crippen LogP contribution in [0.25, 0.3) is 0 Å². The number of nitrogens with zero attached hydrogens (tertiary/aromatic N) is 1. The summed E-state index contributed by atoms with van der Waals surface area (Å²) in [7, 11) is -2.44. The van der Waals surface area contributed by atoms with E-state index in [1.165, 1.54) is 36.3 Å². The number of likely N-dealkylation sites (tertiary alicyclic amines) is 1. The van der Waals surface area contributed by atoms with Gasteiger partial charge in [-0.2, -0.15) is 4.72 Å². The standard InChI is InChI=1S/C18H26N2O6S/c1-12(2)15(16(21)20-10-9-18(3,11-20)17(22)23)19-27(24,25)14-7-5-13(26-4)6-8-14/h5-8,12,15,19H,9-11H2,1-4H3,(H,22,23). The largest absolute Gasteiger partial charge is 0.497 e. The second kappa shape index (κ2) is 7.85. The van der Waals surface area contributed by atoms with Gasteiger partial charge in [-0.15, -0.1) is 0 Å². The Morgan fingerprint density at radius 2 is 1.85 bits per heavy atom. The smallest absolute Gasteiger partial charge is 0.311 e. The summed E-state index contributed by atoms with van der Waals surface area (Å²) >= 11 is 0. The highest BCUT2D eigenvalue weighted by Gasteiger charge is 2.44. The minimum Gasteiger partial charge on any atom is -0.497 e. The molecule has 1 saturated heterocycles. The van der Waals surface area contributed by atoms with E-state index in [9.17, 15) is 23.1 Å². The van der Waals surface area contributed by atoms with Crippen LogP contribution >= 0.6 is 0 Å². The number of benzene rings is 1. The van der Waals surface area contributed by atoms with E-state index in [1.54, 1.807) is 20.8 Å². The van der Waals surface area contributed by atoms with Crippen LogP contribution < -0.4 is 9.46 Å². The van der Waals surface area contributed by atoms with E-state index in [0.717, 1.165) is 0 Å². The third kappa shape index (κ3) is 4.59. The van der Waals surface area contributed by atoms with Gasteiger partial charge in [0.2, 0.25) is 15.9 Å². The number of methoxy groups -OCH3 is 1. The van der Waals surface area contributed by atoms with Gasteiger partial charge in [0.25, 0.3) is 0 Å². The minimum atomic E-state index is -3.92. The molecule has 2 atom stereocenters. The molecule has 1 heterocycles. The first kappa shape index (κ1) is 21.2. The summed E-state index contributed by atoms with van der Waals surface area (Å²) in [6.07, 6.45) is 0.337. The summed E-state index contributed by atoms with van der Waals surface area (Å²) in [5.74, 6) is -1.15. The number of amides is 1. The summed E-state index contributed by atoms with van der Waals surface area (Å²) in [6.45, 7) is 5.43. The maximum atomic E-state index is 12.9. The fourth-order valence-corrected chi connectivity index (χ4v) is 4.32. The summed E-state index contributed by atoms with van der Waals surface area (Å²) in [6, 6.07) is 4.88. The second-order valence-corrected chi connectivity index (χ2v) is 9.11. The fraction of sp³-hybridized carbons (Fsp3) is 0.556. The fourth-order valence-electron chi connectivity index (χ4n) is 2.98. The van der Waals surface area contributed by atoms with Crippen molar-refractivity contribution in [2.45, 2.75) is 38.1 Å². The summed E-state index contributed by atoms with van der Waals surface area (Å²) in [5, 5.41) is 9.34. The molecule has 150 valence electrons. The molecular formula is C18H26N2O6S. The van der Waals surface area contributed by atoms with Crippen LogP contribution in [0.1, 0.15) is 27.2 Å². The molecule has 1 aromatic rings. The quantitative estimate of drug-likeness (QED) is 0.716. The molecule has 0 aliphatic carbocycles. The number of aliphatic carboxylic acids is 1. The lowest BCUT2D eigenvalue weighted by molar-refractivity contribution is -0.147. The van der Waals surface area contributed by atoms with Crippen LogP contribution in [-0.4, -0.2) is 56.5 Å². The summed E-state index contributed by atoms with van der Waals surface area (Å²) in [5.41, 5.74) is -1.01. The predicted molar refractivity (Wildman–Crippen MR) is 98.9 cm³/mol. The van der Waals surface area contributed by atoms with E-state index in [0.29, 0.717) is 12.2 Å². The van der Waals surface area contributed by atoms with Gasteiger partial charge in [0, 0.05) is 13.1 Å². The van der Waals surface area contributed by atoms with Crippen LogP contribution in [0.2, 0.25) is 0 Å². The molecule has 2 rings (SSSR count). The number of rotatable bonds is 7. The highest BCUT2D eigenvalue weighted by Crippen LogP contribution is 2.31. The number of nitrogens with one attached hydrogen (secondary N) is 1. The van der Waals surface area contributed by atoms with Gasteiger partial charge >= 0.3 is 5.97 Å². The molecule has 0 bridgehead atoms. The molecule has 1 aromatic carbocycles. The first-order chi connectivity index (χ1) is 12.5. The van der Waals surface area contributed by atoms with E-state index in [2.05, 4.69) is 4.72 Å². The zero-order valence-electron chi connectivity index (χ0n) is 15.9. The van der Waals surface area contributed by atoms with Gasteiger partial charge in [-0.05, 0) is 43.5 Å². The Labute approximate surface area is 159 Å². The van der Waals surface area contributed by atoms with Gasteiger partial charge in [0.05, 0.1) is 17.4 Å². The van der Waals surface area contributed by atoms with Crippen LogP contribution in [0.15, 0.2) is 29.2 Å². The lowest BCUT2D eigenvalue weighted by Crippen LogP contribution is -2.51. The Balaban J connectivity index is 2.19. The lowest BCUT2D eigenvalue weighted by Gasteiger charge is -2.27. The molecular weight excluding hydrogens is 372 g/mol. The molecule has 0 radical (unpaired) electrons. The van der Waals surface area contributed by atoms with Crippen LogP contribution in [0.4, 0.5) is 0 Å². The summed E-state index contributed by atoms with van der Waals surface area (Å²) < 4.78 is 32.9. The normalized spacial score (nSPS) is 21.3. The molecule has 9 heteroatoms. The van der Waals surface area contributed by atoms with E-state index in [4.69, 9.17) is 4.74 Å². The highest BCUT2D eigenvalue weighted by molar-refractivity contribution is 7.89. The molecule has 0 spiro atoms. The lowest BCUT2D eigenvalue weighted by atomic mass is 9.90. The third-order valence-corrected chi connectivity index (χ3v) is 6.34. The molecule has 8 nitrogen and oxygen atoms in total. The molecule has 1 aliphatic rings. The van der Waals surface area contributed by atoms with Crippen molar-refractivity contribution in [3.8, 4) is 5.75 Å². The Hall–Kier alpha value is -2.13. The number of carboxylic acids is 1. The Morgan fingerprint density at radius 3 is 2.30 bits per heavy atom. The highest BCUT2D eigenvalue weighted by atomic mass is 32.2. The van der Waals surface area contributed by atoms with Gasteiger partial charge in [-0.3, -0.25) is 9.59 Å². The van der Waals surface area contributed by atoms with E-state index in [-0.39, 0.29) is 23.9 Å². The SMILES string of the molecule is COc1ccc(S(=O)(=O)NC(C(=O)N2CCC(C)(C(=O)O)C2)C(C)C)cc1. The Bertz CT molecular complexity index is 806. The van der Waals surface area contributed by atoms with Gasteiger partial charge in [-0.1, -0.05) is 13.8 Å². The second-order valence-electron chi connectivity index (χ2n) is 7.39. The topological polar surface area (TPSA) is 113 Å². The maximum Gasteiger partial charge on any atom is 0.311 e. The number of sulfonamides is 1. The van der Waals surface area contributed by atoms with Crippen LogP contribution in [0.5, 0.6) is 5.75 Å². The molecule has 1 aliphatic heterocycles. The zero-order chi connectivity index (χ0) is 20.4. The number of carboxylic acid groups (broad SMARTS) is 1. The molecule has 2 N–H and O–H groups in total. The van der Waals surface area contributed by atoms with Crippen molar-refractivity contribution in [2.75, 3.05) is 20.2 Å². The summed E-state index contributed by atoms with van der Waals surface area (Å²) in [4.78, 5) is 25.7. The Kier molecular flexibility index (Phi) is 6.16. The molecule has 27 heavy (non-hydrogen) atoms. The van der Waals surface area contributed by atoms with E-state index < -0.39 is 33.4 Å². The van der Waals surface area contributed by atoms with Crippen LogP contribution in [-0.2, 0) is 19.6 Å². The van der Waals surface area contributed by atoms with Gasteiger partial charge < -0.3 is 14.7 Å². The molecule has 0 aromatic heterocycles. The average Bonchev–Trinajstić information content (AvgIpc) is 3.03. The first-order valence-electron chi connectivity index (χ1n) is 8.69. The van der Waals surface area contributed by atoms with Crippen molar-refractivity contribution < 1.29 is 27.9 Å². The van der Waals surface area contributed by atoms with Crippen molar-refractivity contribution in [2.24, 2.45) is 11.3 Å². The molecule has 1 fully saturated rings. The first-order valence-corrected chi connectivity index (χ1v) is 10.2. The number of hydrogen-bond acceptors (Lipinski definition) is 5. The number of hydrogen-bond donors (Lipinski definition) is 2. The Morgan fingerprint density at radius 1 is 1.26 bits per heavy atom. The third-order valence-electron chi connectivity index (χ3n) is 4.89. The van der Waals surface area contributed by atoms with Crippen LogP contribution in [0.3, 0.4) is 0 Å². The van der Waals surface area contributed by atoms with Gasteiger partial charge in [0.15, 0.2) is 0 Å². The number of carbonyl (C=O) groups excluding carboxylic acids is 1. The van der Waals surface area contributed by atoms with Crippen molar-refractivity contribution in [1.82, 2.24) is 9.62 Å². The maximum absolute atomic E-state index is 12.9. The number of ether oxygens (including phenoxy) is 1. The van der Waals surface area contributed by atoms with E-state index in [1.807, 2.05) is 0 Å². The zero-order valence-corrected chi connectivity index (χ0v) is 16.7.